The van der Waals surface area contributed by atoms with Crippen molar-refractivity contribution in [2.75, 3.05) is 18.1 Å². The number of halogens is 1. The Morgan fingerprint density at radius 1 is 0.793 bits per heavy atom. The topological polar surface area (TPSA) is 83.8 Å². The number of phosphoric ester groups is 1. The van der Waals surface area contributed by atoms with Crippen LogP contribution in [0.2, 0.25) is 0 Å². The Hall–Kier alpha value is 0.190. The Morgan fingerprint density at radius 3 is 1.55 bits per heavy atom. The second kappa shape index (κ2) is 20.1. The summed E-state index contributed by atoms with van der Waals surface area (Å²) in [5.41, 5.74) is 0. The van der Waals surface area contributed by atoms with Gasteiger partial charge in [-0.25, -0.2) is 8.96 Å². The van der Waals surface area contributed by atoms with E-state index in [0.717, 1.165) is 19.3 Å². The molecule has 5 nitrogen and oxygen atoms in total. The largest absolute Gasteiger partial charge is 0.469 e. The molecular formula is C21H44FO5PS. The molecule has 0 aliphatic heterocycles. The molecule has 0 rings (SSSR count). The smallest absolute Gasteiger partial charge is 0.303 e. The minimum atomic E-state index is -4.66. The number of hydrogen-bond acceptors (Lipinski definition) is 3. The van der Waals surface area contributed by atoms with E-state index in [2.05, 4.69) is 11.4 Å². The molecule has 176 valence electrons. The van der Waals surface area contributed by atoms with Crippen molar-refractivity contribution in [1.82, 2.24) is 0 Å². The summed E-state index contributed by atoms with van der Waals surface area (Å²) in [5.74, 6) is 0.216. The molecule has 2 atom stereocenters. The van der Waals surface area contributed by atoms with Gasteiger partial charge in [-0.3, -0.25) is 8.73 Å². The number of alkyl halides is 1. The van der Waals surface area contributed by atoms with Gasteiger partial charge >= 0.3 is 7.82 Å². The zero-order valence-electron chi connectivity index (χ0n) is 18.4. The molecule has 2 N–H and O–H groups in total. The van der Waals surface area contributed by atoms with Crippen LogP contribution in [0.4, 0.5) is 4.39 Å². The van der Waals surface area contributed by atoms with Crippen molar-refractivity contribution in [2.24, 2.45) is 0 Å². The molecule has 0 aliphatic carbocycles. The Bertz CT molecular complexity index is 433. The van der Waals surface area contributed by atoms with Crippen LogP contribution in [-0.2, 0) is 19.9 Å². The lowest BCUT2D eigenvalue weighted by atomic mass is 10.0. The monoisotopic (exact) mass is 458 g/mol. The predicted molar refractivity (Wildman–Crippen MR) is 120 cm³/mol. The molecule has 0 aliphatic rings. The minimum Gasteiger partial charge on any atom is -0.303 e. The van der Waals surface area contributed by atoms with Crippen LogP contribution in [-0.4, -0.2) is 38.3 Å². The van der Waals surface area contributed by atoms with Crippen molar-refractivity contribution >= 4 is 18.6 Å². The third-order valence-corrected chi connectivity index (χ3v) is 6.98. The first kappa shape index (κ1) is 29.2. The summed E-state index contributed by atoms with van der Waals surface area (Å²) in [5, 5.41) is 0. The summed E-state index contributed by atoms with van der Waals surface area (Å²) < 4.78 is 39.8. The molecule has 0 saturated heterocycles. The molecule has 0 amide bonds. The van der Waals surface area contributed by atoms with Crippen LogP contribution in [0.1, 0.15) is 110 Å². The first-order valence-corrected chi connectivity index (χ1v) is 14.6. The lowest BCUT2D eigenvalue weighted by Crippen LogP contribution is -2.19. The second-order valence-electron chi connectivity index (χ2n) is 8.00. The third kappa shape index (κ3) is 24.3. The minimum absolute atomic E-state index is 0.223. The summed E-state index contributed by atoms with van der Waals surface area (Å²) in [6.07, 6.45) is 18.8. The molecule has 0 aromatic rings. The molecule has 0 bridgehead atoms. The maximum absolute atomic E-state index is 13.4. The van der Waals surface area contributed by atoms with Crippen LogP contribution in [0.25, 0.3) is 0 Å². The van der Waals surface area contributed by atoms with E-state index < -0.39 is 31.4 Å². The van der Waals surface area contributed by atoms with Crippen LogP contribution >= 0.6 is 7.82 Å². The van der Waals surface area contributed by atoms with Gasteiger partial charge in [0.1, 0.15) is 6.17 Å². The highest BCUT2D eigenvalue weighted by atomic mass is 32.2. The van der Waals surface area contributed by atoms with Crippen molar-refractivity contribution in [3.63, 3.8) is 0 Å². The number of hydrogen-bond donors (Lipinski definition) is 2. The van der Waals surface area contributed by atoms with E-state index in [1.807, 2.05) is 0 Å². The highest BCUT2D eigenvalue weighted by Gasteiger charge is 2.19. The van der Waals surface area contributed by atoms with E-state index >= 15 is 0 Å². The van der Waals surface area contributed by atoms with Gasteiger partial charge in [-0.15, -0.1) is 0 Å². The van der Waals surface area contributed by atoms with Crippen LogP contribution in [0.3, 0.4) is 0 Å². The second-order valence-corrected chi connectivity index (χ2v) is 10.9. The van der Waals surface area contributed by atoms with Crippen LogP contribution < -0.4 is 0 Å². The summed E-state index contributed by atoms with van der Waals surface area (Å²) in [6, 6.07) is 0. The lowest BCUT2D eigenvalue weighted by Gasteiger charge is -2.09. The van der Waals surface area contributed by atoms with Gasteiger partial charge in [0.2, 0.25) is 0 Å². The van der Waals surface area contributed by atoms with Gasteiger partial charge in [0.05, 0.1) is 12.4 Å². The van der Waals surface area contributed by atoms with Crippen molar-refractivity contribution in [3.8, 4) is 0 Å². The molecular weight excluding hydrogens is 414 g/mol. The zero-order valence-corrected chi connectivity index (χ0v) is 20.1. The summed E-state index contributed by atoms with van der Waals surface area (Å²) >= 11 is 0. The first-order chi connectivity index (χ1) is 13.8. The van der Waals surface area contributed by atoms with E-state index in [-0.39, 0.29) is 5.75 Å². The van der Waals surface area contributed by atoms with Gasteiger partial charge < -0.3 is 9.79 Å². The maximum atomic E-state index is 13.4. The highest BCUT2D eigenvalue weighted by molar-refractivity contribution is 7.85. The van der Waals surface area contributed by atoms with Crippen LogP contribution in [0.5, 0.6) is 0 Å². The van der Waals surface area contributed by atoms with Gasteiger partial charge in [0.15, 0.2) is 0 Å². The van der Waals surface area contributed by atoms with E-state index in [4.69, 9.17) is 9.79 Å². The fourth-order valence-corrected chi connectivity index (χ4v) is 4.87. The quantitative estimate of drug-likeness (QED) is 0.144. The van der Waals surface area contributed by atoms with Gasteiger partial charge in [0.25, 0.3) is 0 Å². The van der Waals surface area contributed by atoms with E-state index in [0.29, 0.717) is 5.75 Å². The third-order valence-electron chi connectivity index (χ3n) is 5.02. The van der Waals surface area contributed by atoms with E-state index in [1.54, 1.807) is 0 Å². The summed E-state index contributed by atoms with van der Waals surface area (Å²) in [7, 11) is -5.96. The average molecular weight is 459 g/mol. The normalized spacial score (nSPS) is 14.2. The number of unbranched alkanes of at least 4 members (excludes halogenated alkanes) is 15. The number of rotatable bonds is 22. The van der Waals surface area contributed by atoms with Gasteiger partial charge in [0, 0.05) is 16.6 Å². The van der Waals surface area contributed by atoms with Gasteiger partial charge in [-0.2, -0.15) is 0 Å². The molecule has 0 heterocycles. The molecule has 8 heteroatoms. The Labute approximate surface area is 180 Å². The maximum Gasteiger partial charge on any atom is 0.469 e. The fourth-order valence-electron chi connectivity index (χ4n) is 3.32. The van der Waals surface area contributed by atoms with Crippen LogP contribution in [0.15, 0.2) is 0 Å². The first-order valence-electron chi connectivity index (χ1n) is 11.5. The van der Waals surface area contributed by atoms with Crippen molar-refractivity contribution < 1.29 is 27.5 Å². The predicted octanol–water partition coefficient (Wildman–Crippen LogP) is 6.44. The van der Waals surface area contributed by atoms with Crippen molar-refractivity contribution in [1.29, 1.82) is 0 Å². The molecule has 0 spiro atoms. The molecule has 29 heavy (non-hydrogen) atoms. The number of phosphoric acid groups is 1. The molecule has 0 radical (unpaired) electrons. The summed E-state index contributed by atoms with van der Waals surface area (Å²) in [4.78, 5) is 17.0. The fraction of sp³-hybridized carbons (Fsp3) is 1.00. The SMILES string of the molecule is CCCCCCCCCCCCCCCCCCS(=O)CC(F)COP(=O)(O)O. The Morgan fingerprint density at radius 2 is 1.17 bits per heavy atom. The Balaban J connectivity index is 3.28. The standard InChI is InChI=1S/C21H44FO5PS/c1-2-3-4-5-6-7-8-9-10-11-12-13-14-15-16-17-18-29(26)20-21(22)19-27-28(23,24)25/h21H,2-20H2,1H3,(H2,23,24,25). The van der Waals surface area contributed by atoms with Crippen molar-refractivity contribution in [2.45, 2.75) is 116 Å². The average Bonchev–Trinajstić information content (AvgIpc) is 2.65. The molecule has 0 aromatic heterocycles. The van der Waals surface area contributed by atoms with Gasteiger partial charge in [-0.1, -0.05) is 103 Å². The van der Waals surface area contributed by atoms with Gasteiger partial charge in [-0.05, 0) is 6.42 Å². The lowest BCUT2D eigenvalue weighted by molar-refractivity contribution is 0.152. The molecule has 0 fully saturated rings. The molecule has 2 unspecified atom stereocenters. The van der Waals surface area contributed by atoms with Crippen LogP contribution in [0, 0.1) is 0 Å². The molecule has 0 saturated carbocycles. The zero-order chi connectivity index (χ0) is 21.8. The van der Waals surface area contributed by atoms with E-state index in [9.17, 15) is 13.2 Å². The Kier molecular flexibility index (Phi) is 20.2. The highest BCUT2D eigenvalue weighted by Crippen LogP contribution is 2.35. The van der Waals surface area contributed by atoms with E-state index in [1.165, 1.54) is 83.5 Å². The molecule has 0 aromatic carbocycles. The summed E-state index contributed by atoms with van der Waals surface area (Å²) in [6.45, 7) is 1.54. The van der Waals surface area contributed by atoms with Crippen molar-refractivity contribution in [3.05, 3.63) is 0 Å².